The lowest BCUT2D eigenvalue weighted by atomic mass is 10.1. The van der Waals surface area contributed by atoms with Crippen molar-refractivity contribution in [2.45, 2.75) is 6.54 Å². The molecule has 0 bridgehead atoms. The summed E-state index contributed by atoms with van der Waals surface area (Å²) >= 11 is 5.89. The van der Waals surface area contributed by atoms with E-state index in [-0.39, 0.29) is 0 Å². The first-order valence-electron chi connectivity index (χ1n) is 5.72. The number of hydrogen-bond acceptors (Lipinski definition) is 3. The van der Waals surface area contributed by atoms with Gasteiger partial charge in [-0.25, -0.2) is 5.48 Å². The van der Waals surface area contributed by atoms with Gasteiger partial charge >= 0.3 is 0 Å². The Hall–Kier alpha value is -2.04. The van der Waals surface area contributed by atoms with Gasteiger partial charge in [-0.05, 0) is 35.9 Å². The summed E-state index contributed by atoms with van der Waals surface area (Å²) in [5.41, 5.74) is 3.96. The Labute approximate surface area is 116 Å². The van der Waals surface area contributed by atoms with Crippen LogP contribution in [0.1, 0.15) is 15.9 Å². The molecule has 0 unspecified atom stereocenters. The fourth-order valence-corrected chi connectivity index (χ4v) is 1.83. The van der Waals surface area contributed by atoms with Gasteiger partial charge in [-0.15, -0.1) is 0 Å². The molecule has 1 amide bonds. The first kappa shape index (κ1) is 13.4. The maximum Gasteiger partial charge on any atom is 0.274 e. The zero-order valence-corrected chi connectivity index (χ0v) is 10.8. The van der Waals surface area contributed by atoms with Gasteiger partial charge in [-0.1, -0.05) is 29.8 Å². The van der Waals surface area contributed by atoms with Crippen LogP contribution in [0.3, 0.4) is 0 Å². The molecule has 19 heavy (non-hydrogen) atoms. The summed E-state index contributed by atoms with van der Waals surface area (Å²) in [5, 5.41) is 12.4. The minimum absolute atomic E-state index is 0.411. The zero-order valence-electron chi connectivity index (χ0n) is 10.1. The highest BCUT2D eigenvalue weighted by atomic mass is 35.5. The van der Waals surface area contributed by atoms with Crippen LogP contribution in [0.25, 0.3) is 0 Å². The van der Waals surface area contributed by atoms with Crippen LogP contribution in [-0.2, 0) is 6.54 Å². The van der Waals surface area contributed by atoms with Crippen LogP contribution in [0.4, 0.5) is 5.69 Å². The quantitative estimate of drug-likeness (QED) is 0.594. The number of carbonyl (C=O) groups is 1. The molecule has 0 saturated heterocycles. The van der Waals surface area contributed by atoms with E-state index >= 15 is 0 Å². The summed E-state index contributed by atoms with van der Waals surface area (Å²) in [7, 11) is 0. The van der Waals surface area contributed by atoms with Gasteiger partial charge in [0.2, 0.25) is 0 Å². The lowest BCUT2D eigenvalue weighted by Crippen LogP contribution is -2.18. The Bertz CT molecular complexity index is 570. The zero-order chi connectivity index (χ0) is 13.7. The Morgan fingerprint density at radius 3 is 2.53 bits per heavy atom. The van der Waals surface area contributed by atoms with Gasteiger partial charge in [0.15, 0.2) is 0 Å². The molecule has 0 heterocycles. The highest BCUT2D eigenvalue weighted by Gasteiger charge is 2.03. The van der Waals surface area contributed by atoms with Crippen LogP contribution in [0.2, 0.25) is 5.02 Å². The number of amides is 1. The third-order valence-electron chi connectivity index (χ3n) is 2.64. The second kappa shape index (κ2) is 6.22. The Balaban J connectivity index is 1.98. The maximum absolute atomic E-state index is 11.2. The summed E-state index contributed by atoms with van der Waals surface area (Å²) in [4.78, 5) is 11.2. The largest absolute Gasteiger partial charge is 0.381 e. The minimum atomic E-state index is -0.519. The molecule has 0 saturated carbocycles. The Kier molecular flexibility index (Phi) is 4.39. The number of nitrogens with one attached hydrogen (secondary N) is 2. The molecular formula is C14H13ClN2O2. The van der Waals surface area contributed by atoms with Crippen molar-refractivity contribution >= 4 is 23.2 Å². The molecule has 0 aromatic heterocycles. The summed E-state index contributed by atoms with van der Waals surface area (Å²) < 4.78 is 0. The van der Waals surface area contributed by atoms with E-state index in [0.29, 0.717) is 17.1 Å². The van der Waals surface area contributed by atoms with Gasteiger partial charge in [0, 0.05) is 22.8 Å². The second-order valence-electron chi connectivity index (χ2n) is 4.00. The standard InChI is InChI=1S/C14H13ClN2O2/c15-12-2-1-3-13(8-12)16-9-10-4-6-11(7-5-10)14(18)17-19/h1-8,16,19H,9H2,(H,17,18). The normalized spacial score (nSPS) is 10.0. The smallest absolute Gasteiger partial charge is 0.274 e. The number of rotatable bonds is 4. The van der Waals surface area contributed by atoms with E-state index in [0.717, 1.165) is 11.3 Å². The van der Waals surface area contributed by atoms with Crippen molar-refractivity contribution in [2.75, 3.05) is 5.32 Å². The fraction of sp³-hybridized carbons (Fsp3) is 0.0714. The van der Waals surface area contributed by atoms with E-state index in [4.69, 9.17) is 16.8 Å². The van der Waals surface area contributed by atoms with E-state index in [1.807, 2.05) is 36.4 Å². The minimum Gasteiger partial charge on any atom is -0.381 e. The Morgan fingerprint density at radius 1 is 1.16 bits per heavy atom. The summed E-state index contributed by atoms with van der Waals surface area (Å²) in [6.07, 6.45) is 0. The predicted octanol–water partition coefficient (Wildman–Crippen LogP) is 3.07. The third-order valence-corrected chi connectivity index (χ3v) is 2.87. The molecule has 3 N–H and O–H groups in total. The number of hydroxylamine groups is 1. The van der Waals surface area contributed by atoms with Crippen LogP contribution < -0.4 is 10.8 Å². The number of hydrogen-bond donors (Lipinski definition) is 3. The molecule has 0 radical (unpaired) electrons. The average Bonchev–Trinajstić information content (AvgIpc) is 2.45. The Morgan fingerprint density at radius 2 is 1.89 bits per heavy atom. The molecule has 2 aromatic carbocycles. The topological polar surface area (TPSA) is 61.4 Å². The van der Waals surface area contributed by atoms with Crippen LogP contribution in [0.5, 0.6) is 0 Å². The van der Waals surface area contributed by atoms with Gasteiger partial charge in [0.1, 0.15) is 0 Å². The molecule has 0 fully saturated rings. The van der Waals surface area contributed by atoms with Gasteiger partial charge in [0.05, 0.1) is 0 Å². The molecule has 0 aliphatic heterocycles. The molecule has 0 aliphatic rings. The maximum atomic E-state index is 11.2. The monoisotopic (exact) mass is 276 g/mol. The van der Waals surface area contributed by atoms with E-state index < -0.39 is 5.91 Å². The van der Waals surface area contributed by atoms with Crippen molar-refractivity contribution in [1.82, 2.24) is 5.48 Å². The van der Waals surface area contributed by atoms with Crippen LogP contribution in [0, 0.1) is 0 Å². The number of benzene rings is 2. The molecular weight excluding hydrogens is 264 g/mol. The van der Waals surface area contributed by atoms with Crippen molar-refractivity contribution in [2.24, 2.45) is 0 Å². The van der Waals surface area contributed by atoms with Crippen molar-refractivity contribution in [3.63, 3.8) is 0 Å². The van der Waals surface area contributed by atoms with Crippen molar-refractivity contribution in [3.05, 3.63) is 64.7 Å². The second-order valence-corrected chi connectivity index (χ2v) is 4.44. The van der Waals surface area contributed by atoms with Gasteiger partial charge in [-0.3, -0.25) is 10.0 Å². The number of anilines is 1. The summed E-state index contributed by atoms with van der Waals surface area (Å²) in [6, 6.07) is 14.4. The third kappa shape index (κ3) is 3.71. The van der Waals surface area contributed by atoms with Gasteiger partial charge in [0.25, 0.3) is 5.91 Å². The molecule has 4 nitrogen and oxygen atoms in total. The van der Waals surface area contributed by atoms with Crippen LogP contribution in [-0.4, -0.2) is 11.1 Å². The lowest BCUT2D eigenvalue weighted by Gasteiger charge is -2.07. The van der Waals surface area contributed by atoms with Crippen molar-refractivity contribution in [3.8, 4) is 0 Å². The van der Waals surface area contributed by atoms with Crippen molar-refractivity contribution in [1.29, 1.82) is 0 Å². The van der Waals surface area contributed by atoms with Crippen molar-refractivity contribution < 1.29 is 10.0 Å². The number of halogens is 1. The predicted molar refractivity (Wildman–Crippen MR) is 74.5 cm³/mol. The molecule has 2 rings (SSSR count). The SMILES string of the molecule is O=C(NO)c1ccc(CNc2cccc(Cl)c2)cc1. The molecule has 2 aromatic rings. The lowest BCUT2D eigenvalue weighted by molar-refractivity contribution is 0.0706. The van der Waals surface area contributed by atoms with E-state index in [2.05, 4.69) is 5.32 Å². The van der Waals surface area contributed by atoms with Gasteiger partial charge in [-0.2, -0.15) is 0 Å². The number of carbonyl (C=O) groups excluding carboxylic acids is 1. The fourth-order valence-electron chi connectivity index (χ4n) is 1.64. The van der Waals surface area contributed by atoms with E-state index in [9.17, 15) is 4.79 Å². The molecule has 0 atom stereocenters. The molecule has 0 aliphatic carbocycles. The summed E-state index contributed by atoms with van der Waals surface area (Å²) in [6.45, 7) is 0.626. The molecule has 0 spiro atoms. The summed E-state index contributed by atoms with van der Waals surface area (Å²) in [5.74, 6) is -0.519. The first-order valence-corrected chi connectivity index (χ1v) is 6.09. The molecule has 5 heteroatoms. The van der Waals surface area contributed by atoms with E-state index in [1.54, 1.807) is 17.6 Å². The highest BCUT2D eigenvalue weighted by molar-refractivity contribution is 6.30. The van der Waals surface area contributed by atoms with Crippen LogP contribution >= 0.6 is 11.6 Å². The van der Waals surface area contributed by atoms with E-state index in [1.165, 1.54) is 0 Å². The van der Waals surface area contributed by atoms with Crippen LogP contribution in [0.15, 0.2) is 48.5 Å². The molecule has 98 valence electrons. The first-order chi connectivity index (χ1) is 9.19. The van der Waals surface area contributed by atoms with Gasteiger partial charge < -0.3 is 5.32 Å². The average molecular weight is 277 g/mol. The highest BCUT2D eigenvalue weighted by Crippen LogP contribution is 2.16.